The fourth-order valence-electron chi connectivity index (χ4n) is 2.50. The van der Waals surface area contributed by atoms with Crippen molar-refractivity contribution in [1.82, 2.24) is 0 Å². The van der Waals surface area contributed by atoms with E-state index in [1.807, 2.05) is 35.7 Å². The molecule has 0 saturated carbocycles. The Morgan fingerprint density at radius 3 is 1.89 bits per heavy atom. The Labute approximate surface area is 187 Å². The summed E-state index contributed by atoms with van der Waals surface area (Å²) in [5.74, 6) is 7.66. The monoisotopic (exact) mass is 444 g/mol. The molecule has 2 atom stereocenters. The fraction of sp³-hybridized carbons (Fsp3) is 0.333. The molecule has 2 fully saturated rings. The molecule has 2 aliphatic heterocycles. The Morgan fingerprint density at radius 2 is 1.36 bits per heavy atom. The van der Waals surface area contributed by atoms with Crippen molar-refractivity contribution in [2.24, 2.45) is 0 Å². The molecule has 2 aromatic carbocycles. The summed E-state index contributed by atoms with van der Waals surface area (Å²) in [7, 11) is 0. The maximum Gasteiger partial charge on any atom is 0.0229 e. The maximum atomic E-state index is 3.78. The van der Waals surface area contributed by atoms with Gasteiger partial charge in [0.05, 0.1) is 0 Å². The van der Waals surface area contributed by atoms with Crippen molar-refractivity contribution < 1.29 is 0 Å². The largest absolute Gasteiger partial charge is 0.156 e. The summed E-state index contributed by atoms with van der Waals surface area (Å²) in [6, 6.07) is 17.3. The molecule has 0 radical (unpaired) electrons. The summed E-state index contributed by atoms with van der Waals surface area (Å²) in [5, 5.41) is 1.90. The van der Waals surface area contributed by atoms with E-state index < -0.39 is 0 Å². The molecule has 0 aromatic heterocycles. The van der Waals surface area contributed by atoms with Crippen LogP contribution < -0.4 is 0 Å². The molecule has 4 rings (SSSR count). The SMILES string of the molecule is C=Cc1ccc(CSCC2CS2)cc1.C=Cc1cccc(CSCC2CS2)c1. The Morgan fingerprint density at radius 1 is 0.786 bits per heavy atom. The van der Waals surface area contributed by atoms with Gasteiger partial charge in [-0.15, -0.1) is 0 Å². The zero-order chi connectivity index (χ0) is 19.6. The van der Waals surface area contributed by atoms with Crippen LogP contribution in [0, 0.1) is 0 Å². The molecule has 2 heterocycles. The van der Waals surface area contributed by atoms with Crippen LogP contribution in [0.1, 0.15) is 22.3 Å². The van der Waals surface area contributed by atoms with Crippen LogP contribution in [0.15, 0.2) is 61.7 Å². The molecule has 148 valence electrons. The van der Waals surface area contributed by atoms with Gasteiger partial charge in [-0.3, -0.25) is 0 Å². The third-order valence-electron chi connectivity index (χ3n) is 4.35. The van der Waals surface area contributed by atoms with Gasteiger partial charge in [0.25, 0.3) is 0 Å². The molecule has 0 nitrogen and oxygen atoms in total. The van der Waals surface area contributed by atoms with Crippen LogP contribution in [-0.4, -0.2) is 33.5 Å². The van der Waals surface area contributed by atoms with Gasteiger partial charge in [-0.2, -0.15) is 47.0 Å². The molecule has 2 aliphatic rings. The Kier molecular flexibility index (Phi) is 9.53. The predicted molar refractivity (Wildman–Crippen MR) is 138 cm³/mol. The number of hydrogen-bond acceptors (Lipinski definition) is 4. The highest BCUT2D eigenvalue weighted by Crippen LogP contribution is 2.34. The Hall–Kier alpha value is -0.680. The molecule has 2 saturated heterocycles. The maximum absolute atomic E-state index is 3.78. The molecule has 0 amide bonds. The zero-order valence-electron chi connectivity index (χ0n) is 16.2. The first-order valence-electron chi connectivity index (χ1n) is 9.58. The van der Waals surface area contributed by atoms with Gasteiger partial charge in [0.15, 0.2) is 0 Å². The van der Waals surface area contributed by atoms with Crippen molar-refractivity contribution in [3.05, 3.63) is 83.9 Å². The number of thioether (sulfide) groups is 4. The minimum absolute atomic E-state index is 0.947. The second-order valence-corrected chi connectivity index (χ2v) is 11.6. The summed E-state index contributed by atoms with van der Waals surface area (Å²) < 4.78 is 0. The van der Waals surface area contributed by atoms with Crippen LogP contribution in [0.2, 0.25) is 0 Å². The van der Waals surface area contributed by atoms with Gasteiger partial charge in [-0.1, -0.05) is 73.8 Å². The first kappa shape index (κ1) is 22.0. The summed E-state index contributed by atoms with van der Waals surface area (Å²) in [6.07, 6.45) is 3.79. The second-order valence-electron chi connectivity index (χ2n) is 6.84. The molecule has 2 aromatic rings. The molecular formula is C24H28S4. The van der Waals surface area contributed by atoms with E-state index >= 15 is 0 Å². The van der Waals surface area contributed by atoms with Crippen molar-refractivity contribution >= 4 is 59.2 Å². The molecule has 0 N–H and O–H groups in total. The van der Waals surface area contributed by atoms with Gasteiger partial charge < -0.3 is 0 Å². The highest BCUT2D eigenvalue weighted by Gasteiger charge is 2.22. The lowest BCUT2D eigenvalue weighted by atomic mass is 10.1. The first-order chi connectivity index (χ1) is 13.8. The third kappa shape index (κ3) is 8.77. The van der Waals surface area contributed by atoms with Crippen LogP contribution in [0.3, 0.4) is 0 Å². The van der Waals surface area contributed by atoms with Crippen LogP contribution in [-0.2, 0) is 11.5 Å². The van der Waals surface area contributed by atoms with Crippen molar-refractivity contribution in [1.29, 1.82) is 0 Å². The van der Waals surface area contributed by atoms with E-state index in [0.29, 0.717) is 0 Å². The average molecular weight is 445 g/mol. The first-order valence-corrected chi connectivity index (χ1v) is 14.0. The number of benzene rings is 2. The molecule has 0 bridgehead atoms. The Balaban J connectivity index is 0.000000161. The van der Waals surface area contributed by atoms with E-state index in [4.69, 9.17) is 0 Å². The van der Waals surface area contributed by atoms with E-state index in [2.05, 4.69) is 85.2 Å². The van der Waals surface area contributed by atoms with Gasteiger partial charge in [0, 0.05) is 45.0 Å². The second kappa shape index (κ2) is 12.1. The zero-order valence-corrected chi connectivity index (χ0v) is 19.5. The van der Waals surface area contributed by atoms with Crippen LogP contribution in [0.5, 0.6) is 0 Å². The minimum atomic E-state index is 0.947. The molecular weight excluding hydrogens is 417 g/mol. The standard InChI is InChI=1S/2C12H14S2/c1-2-10-3-5-11(6-4-10)7-13-8-12-9-14-12;1-2-10-4-3-5-11(6-10)7-13-8-12-9-14-12/h2*2-6,12H,1,7-9H2. The van der Waals surface area contributed by atoms with E-state index in [-0.39, 0.29) is 0 Å². The van der Waals surface area contributed by atoms with Crippen LogP contribution in [0.25, 0.3) is 12.2 Å². The quantitative estimate of drug-likeness (QED) is 0.351. The molecule has 28 heavy (non-hydrogen) atoms. The van der Waals surface area contributed by atoms with Crippen LogP contribution in [0.4, 0.5) is 0 Å². The minimum Gasteiger partial charge on any atom is -0.156 e. The third-order valence-corrected chi connectivity index (χ3v) is 9.07. The predicted octanol–water partition coefficient (Wildman–Crippen LogP) is 7.36. The number of rotatable bonds is 10. The smallest absolute Gasteiger partial charge is 0.0229 e. The van der Waals surface area contributed by atoms with Gasteiger partial charge in [-0.05, 0) is 22.3 Å². The lowest BCUT2D eigenvalue weighted by molar-refractivity contribution is 1.26. The topological polar surface area (TPSA) is 0 Å². The van der Waals surface area contributed by atoms with Crippen molar-refractivity contribution in [2.45, 2.75) is 22.0 Å². The van der Waals surface area contributed by atoms with Gasteiger partial charge >= 0.3 is 0 Å². The van der Waals surface area contributed by atoms with E-state index in [1.165, 1.54) is 45.3 Å². The summed E-state index contributed by atoms with van der Waals surface area (Å²) >= 11 is 8.23. The van der Waals surface area contributed by atoms with E-state index in [0.717, 1.165) is 22.0 Å². The number of hydrogen-bond donors (Lipinski definition) is 0. The fourth-order valence-corrected chi connectivity index (χ4v) is 6.50. The van der Waals surface area contributed by atoms with E-state index in [9.17, 15) is 0 Å². The molecule has 0 aliphatic carbocycles. The highest BCUT2D eigenvalue weighted by atomic mass is 32.2. The normalized spacial score (nSPS) is 19.3. The summed E-state index contributed by atoms with van der Waals surface area (Å²) in [4.78, 5) is 0. The van der Waals surface area contributed by atoms with Crippen molar-refractivity contribution in [3.8, 4) is 0 Å². The van der Waals surface area contributed by atoms with E-state index in [1.54, 1.807) is 0 Å². The van der Waals surface area contributed by atoms with Gasteiger partial charge in [0.1, 0.15) is 0 Å². The summed E-state index contributed by atoms with van der Waals surface area (Å²) in [5.41, 5.74) is 5.27. The Bertz CT molecular complexity index is 745. The van der Waals surface area contributed by atoms with Gasteiger partial charge in [-0.25, -0.2) is 0 Å². The van der Waals surface area contributed by atoms with Gasteiger partial charge in [0.2, 0.25) is 0 Å². The lowest BCUT2D eigenvalue weighted by Gasteiger charge is -2.01. The molecule has 2 unspecified atom stereocenters. The van der Waals surface area contributed by atoms with Crippen molar-refractivity contribution in [3.63, 3.8) is 0 Å². The highest BCUT2D eigenvalue weighted by molar-refractivity contribution is 8.09. The lowest BCUT2D eigenvalue weighted by Crippen LogP contribution is -1.89. The van der Waals surface area contributed by atoms with Crippen molar-refractivity contribution in [2.75, 3.05) is 23.0 Å². The molecule has 0 spiro atoms. The molecule has 4 heteroatoms. The average Bonchev–Trinajstić information content (AvgIpc) is 3.65. The van der Waals surface area contributed by atoms with Crippen LogP contribution >= 0.6 is 47.0 Å². The summed E-state index contributed by atoms with van der Waals surface area (Å²) in [6.45, 7) is 7.53.